The summed E-state index contributed by atoms with van der Waals surface area (Å²) in [6.07, 6.45) is 0.545. The van der Waals surface area contributed by atoms with E-state index < -0.39 is 26.7 Å². The highest BCUT2D eigenvalue weighted by Gasteiger charge is 2.30. The predicted molar refractivity (Wildman–Crippen MR) is 121 cm³/mol. The third kappa shape index (κ3) is 6.71. The summed E-state index contributed by atoms with van der Waals surface area (Å²) in [6, 6.07) is 13.1. The third-order valence-corrected chi connectivity index (χ3v) is 7.29. The molecule has 0 aliphatic carbocycles. The molecule has 10 nitrogen and oxygen atoms in total. The Bertz CT molecular complexity index is 1030. The lowest BCUT2D eigenvalue weighted by atomic mass is 10.2. The number of sulfonamides is 1. The molecule has 0 bridgehead atoms. The fraction of sp³-hybridized carbons (Fsp3) is 0.455. The van der Waals surface area contributed by atoms with E-state index in [9.17, 15) is 28.7 Å². The number of aliphatic hydroxyl groups excluding tert-OH is 2. The maximum atomic E-state index is 12.7. The zero-order valence-corrected chi connectivity index (χ0v) is 19.1. The van der Waals surface area contributed by atoms with E-state index in [4.69, 9.17) is 4.74 Å². The van der Waals surface area contributed by atoms with Crippen molar-refractivity contribution in [1.82, 2.24) is 9.21 Å². The topological polar surface area (TPSA) is 133 Å². The van der Waals surface area contributed by atoms with Gasteiger partial charge in [-0.1, -0.05) is 30.3 Å². The highest BCUT2D eigenvalue weighted by atomic mass is 32.2. The Morgan fingerprint density at radius 3 is 2.48 bits per heavy atom. The standard InChI is InChI=1S/C22H29N3O7S/c26-13-12-23(15-18-6-2-1-3-7-18)16-19(27)17-32-22-9-8-20(14-21(22)25(28)29)33(30,31)24-10-4-5-11-24/h1-3,6-9,14,19,26-27H,4-5,10-13,15-17H2/t19-/m1/s1. The molecule has 0 unspecified atom stereocenters. The minimum atomic E-state index is -3.80. The van der Waals surface area contributed by atoms with Crippen LogP contribution in [0.4, 0.5) is 5.69 Å². The van der Waals surface area contributed by atoms with Crippen LogP contribution in [-0.2, 0) is 16.6 Å². The largest absolute Gasteiger partial charge is 0.484 e. The summed E-state index contributed by atoms with van der Waals surface area (Å²) in [6.45, 7) is 1.53. The number of hydrogen-bond acceptors (Lipinski definition) is 8. The molecule has 1 fully saturated rings. The lowest BCUT2D eigenvalue weighted by Crippen LogP contribution is -2.37. The van der Waals surface area contributed by atoms with Crippen LogP contribution in [-0.4, -0.2) is 78.3 Å². The van der Waals surface area contributed by atoms with E-state index in [0.29, 0.717) is 26.2 Å². The van der Waals surface area contributed by atoms with Crippen molar-refractivity contribution in [3.05, 3.63) is 64.2 Å². The Kier molecular flexibility index (Phi) is 8.75. The molecule has 1 aliphatic heterocycles. The van der Waals surface area contributed by atoms with Crippen LogP contribution in [0.2, 0.25) is 0 Å². The maximum absolute atomic E-state index is 12.7. The van der Waals surface area contributed by atoms with Crippen molar-refractivity contribution >= 4 is 15.7 Å². The maximum Gasteiger partial charge on any atom is 0.312 e. The molecule has 2 aromatic rings. The van der Waals surface area contributed by atoms with E-state index in [1.54, 1.807) is 0 Å². The van der Waals surface area contributed by atoms with Crippen LogP contribution < -0.4 is 4.74 Å². The average molecular weight is 480 g/mol. The number of nitro groups is 1. The molecule has 2 N–H and O–H groups in total. The fourth-order valence-electron chi connectivity index (χ4n) is 3.75. The average Bonchev–Trinajstić information content (AvgIpc) is 3.34. The smallest absolute Gasteiger partial charge is 0.312 e. The highest BCUT2D eigenvalue weighted by molar-refractivity contribution is 7.89. The molecule has 0 aromatic heterocycles. The SMILES string of the molecule is O=[N+]([O-])c1cc(S(=O)(=O)N2CCCC2)ccc1OC[C@H](O)CN(CCO)Cc1ccccc1. The monoisotopic (exact) mass is 479 g/mol. The van der Waals surface area contributed by atoms with Crippen LogP contribution in [0.3, 0.4) is 0 Å². The number of benzene rings is 2. The van der Waals surface area contributed by atoms with E-state index in [1.165, 1.54) is 16.4 Å². The Morgan fingerprint density at radius 1 is 1.15 bits per heavy atom. The zero-order valence-electron chi connectivity index (χ0n) is 18.2. The number of rotatable bonds is 12. The first-order chi connectivity index (χ1) is 15.8. The van der Waals surface area contributed by atoms with Gasteiger partial charge in [0.2, 0.25) is 10.0 Å². The zero-order chi connectivity index (χ0) is 23.8. The molecule has 3 rings (SSSR count). The van der Waals surface area contributed by atoms with E-state index in [-0.39, 0.29) is 30.4 Å². The molecule has 2 aromatic carbocycles. The van der Waals surface area contributed by atoms with E-state index in [0.717, 1.165) is 24.5 Å². The number of nitro benzene ring substituents is 1. The Labute approximate surface area is 193 Å². The molecule has 33 heavy (non-hydrogen) atoms. The van der Waals surface area contributed by atoms with Crippen LogP contribution >= 0.6 is 0 Å². The van der Waals surface area contributed by atoms with Gasteiger partial charge in [-0.3, -0.25) is 15.0 Å². The van der Waals surface area contributed by atoms with E-state index >= 15 is 0 Å². The first-order valence-electron chi connectivity index (χ1n) is 10.8. The molecule has 0 amide bonds. The molecule has 0 spiro atoms. The second-order valence-corrected chi connectivity index (χ2v) is 9.84. The summed E-state index contributed by atoms with van der Waals surface area (Å²) < 4.78 is 32.2. The molecule has 0 radical (unpaired) electrons. The number of nitrogens with zero attached hydrogens (tertiary/aromatic N) is 3. The molecule has 1 atom stereocenters. The second-order valence-electron chi connectivity index (χ2n) is 7.91. The van der Waals surface area contributed by atoms with Crippen molar-refractivity contribution in [2.75, 3.05) is 39.4 Å². The molecule has 1 aliphatic rings. The quantitative estimate of drug-likeness (QED) is 0.347. The van der Waals surface area contributed by atoms with Gasteiger partial charge in [-0.15, -0.1) is 0 Å². The summed E-state index contributed by atoms with van der Waals surface area (Å²) in [5.74, 6) is -0.115. The van der Waals surface area contributed by atoms with Crippen molar-refractivity contribution in [2.24, 2.45) is 0 Å². The predicted octanol–water partition coefficient (Wildman–Crippen LogP) is 1.61. The summed E-state index contributed by atoms with van der Waals surface area (Å²) in [5, 5.41) is 31.3. The highest BCUT2D eigenvalue weighted by Crippen LogP contribution is 2.32. The van der Waals surface area contributed by atoms with Crippen LogP contribution in [0, 0.1) is 10.1 Å². The third-order valence-electron chi connectivity index (χ3n) is 5.40. The van der Waals surface area contributed by atoms with Crippen LogP contribution in [0.5, 0.6) is 5.75 Å². The molecular weight excluding hydrogens is 450 g/mol. The first-order valence-corrected chi connectivity index (χ1v) is 12.2. The Morgan fingerprint density at radius 2 is 1.85 bits per heavy atom. The fourth-order valence-corrected chi connectivity index (χ4v) is 5.29. The van der Waals surface area contributed by atoms with Gasteiger partial charge in [0.15, 0.2) is 5.75 Å². The lowest BCUT2D eigenvalue weighted by molar-refractivity contribution is -0.386. The van der Waals surface area contributed by atoms with Crippen LogP contribution in [0.25, 0.3) is 0 Å². The van der Waals surface area contributed by atoms with Gasteiger partial charge in [0, 0.05) is 38.8 Å². The Balaban J connectivity index is 1.66. The molecule has 0 saturated carbocycles. The van der Waals surface area contributed by atoms with Gasteiger partial charge in [-0.2, -0.15) is 4.31 Å². The summed E-state index contributed by atoms with van der Waals surface area (Å²) >= 11 is 0. The molecule has 1 saturated heterocycles. The van der Waals surface area contributed by atoms with Crippen molar-refractivity contribution in [3.8, 4) is 5.75 Å². The summed E-state index contributed by atoms with van der Waals surface area (Å²) in [4.78, 5) is 12.6. The Hall–Kier alpha value is -2.57. The first kappa shape index (κ1) is 25.1. The van der Waals surface area contributed by atoms with Gasteiger partial charge >= 0.3 is 5.69 Å². The van der Waals surface area contributed by atoms with Crippen LogP contribution in [0.15, 0.2) is 53.4 Å². The summed E-state index contributed by atoms with van der Waals surface area (Å²) in [7, 11) is -3.80. The van der Waals surface area contributed by atoms with Gasteiger partial charge in [0.25, 0.3) is 0 Å². The van der Waals surface area contributed by atoms with Crippen molar-refractivity contribution < 1.29 is 28.3 Å². The number of aliphatic hydroxyl groups is 2. The van der Waals surface area contributed by atoms with E-state index in [1.807, 2.05) is 35.2 Å². The minimum Gasteiger partial charge on any atom is -0.484 e. The number of hydrogen-bond donors (Lipinski definition) is 2. The van der Waals surface area contributed by atoms with Gasteiger partial charge in [-0.05, 0) is 30.5 Å². The van der Waals surface area contributed by atoms with Crippen molar-refractivity contribution in [1.29, 1.82) is 0 Å². The normalized spacial score (nSPS) is 15.6. The van der Waals surface area contributed by atoms with Crippen molar-refractivity contribution in [2.45, 2.75) is 30.4 Å². The molecule has 1 heterocycles. The molecular formula is C22H29N3O7S. The number of ether oxygens (including phenoxy) is 1. The van der Waals surface area contributed by atoms with Gasteiger partial charge in [0.05, 0.1) is 16.4 Å². The van der Waals surface area contributed by atoms with Gasteiger partial charge < -0.3 is 14.9 Å². The second kappa shape index (κ2) is 11.5. The molecule has 180 valence electrons. The van der Waals surface area contributed by atoms with Gasteiger partial charge in [-0.25, -0.2) is 8.42 Å². The minimum absolute atomic E-state index is 0.0845. The van der Waals surface area contributed by atoms with Crippen LogP contribution in [0.1, 0.15) is 18.4 Å². The lowest BCUT2D eigenvalue weighted by Gasteiger charge is -2.24. The molecule has 11 heteroatoms. The summed E-state index contributed by atoms with van der Waals surface area (Å²) in [5.41, 5.74) is 0.545. The van der Waals surface area contributed by atoms with E-state index in [2.05, 4.69) is 0 Å². The van der Waals surface area contributed by atoms with Gasteiger partial charge in [0.1, 0.15) is 12.7 Å². The van der Waals surface area contributed by atoms with Crippen molar-refractivity contribution in [3.63, 3.8) is 0 Å².